The summed E-state index contributed by atoms with van der Waals surface area (Å²) in [7, 11) is 1.81. The molecule has 0 bridgehead atoms. The molecule has 3 rings (SSSR count). The number of rotatable bonds is 6. The molecule has 3 heterocycles. The van der Waals surface area contributed by atoms with Gasteiger partial charge in [-0.15, -0.1) is 0 Å². The van der Waals surface area contributed by atoms with Crippen molar-refractivity contribution in [3.63, 3.8) is 0 Å². The van der Waals surface area contributed by atoms with Crippen LogP contribution in [0.1, 0.15) is 30.3 Å². The van der Waals surface area contributed by atoms with Crippen LogP contribution in [0.25, 0.3) is 0 Å². The molecule has 1 atom stereocenters. The molecule has 1 fully saturated rings. The average molecular weight is 330 g/mol. The van der Waals surface area contributed by atoms with Gasteiger partial charge >= 0.3 is 0 Å². The molecule has 1 unspecified atom stereocenters. The van der Waals surface area contributed by atoms with Gasteiger partial charge in [0.25, 0.3) is 11.8 Å². The molecule has 1 aliphatic heterocycles. The van der Waals surface area contributed by atoms with Crippen molar-refractivity contribution >= 4 is 11.7 Å². The predicted octanol–water partition coefficient (Wildman–Crippen LogP) is 2.21. The molecule has 128 valence electrons. The molecule has 2 aromatic heterocycles. The normalized spacial score (nSPS) is 17.1. The first kappa shape index (κ1) is 16.3. The van der Waals surface area contributed by atoms with E-state index in [1.807, 2.05) is 7.05 Å². The largest absolute Gasteiger partial charge is 0.475 e. The van der Waals surface area contributed by atoms with Crippen molar-refractivity contribution in [2.45, 2.75) is 25.8 Å². The lowest BCUT2D eigenvalue weighted by molar-refractivity contribution is 0.0713. The van der Waals surface area contributed by atoms with Gasteiger partial charge < -0.3 is 19.0 Å². The van der Waals surface area contributed by atoms with Gasteiger partial charge in [-0.25, -0.2) is 9.97 Å². The Morgan fingerprint density at radius 1 is 1.46 bits per heavy atom. The molecule has 1 amide bonds. The van der Waals surface area contributed by atoms with Crippen LogP contribution in [0.15, 0.2) is 35.2 Å². The Labute approximate surface area is 141 Å². The van der Waals surface area contributed by atoms with E-state index in [-0.39, 0.29) is 11.9 Å². The van der Waals surface area contributed by atoms with E-state index in [1.54, 1.807) is 29.4 Å². The number of carbonyl (C=O) groups is 1. The van der Waals surface area contributed by atoms with Crippen molar-refractivity contribution in [1.29, 1.82) is 0 Å². The van der Waals surface area contributed by atoms with Gasteiger partial charge in [-0.05, 0) is 25.0 Å². The van der Waals surface area contributed by atoms with E-state index in [1.165, 1.54) is 6.26 Å². The number of aromatic nitrogens is 2. The van der Waals surface area contributed by atoms with Crippen LogP contribution in [0.5, 0.6) is 5.88 Å². The summed E-state index contributed by atoms with van der Waals surface area (Å²) in [4.78, 5) is 25.0. The zero-order chi connectivity index (χ0) is 16.9. The number of hydrogen-bond donors (Lipinski definition) is 0. The van der Waals surface area contributed by atoms with E-state index in [0.29, 0.717) is 24.8 Å². The van der Waals surface area contributed by atoms with Crippen LogP contribution < -0.4 is 9.64 Å². The molecule has 0 spiro atoms. The first-order valence-electron chi connectivity index (χ1n) is 8.20. The molecule has 0 aromatic carbocycles. The number of anilines is 1. The van der Waals surface area contributed by atoms with Gasteiger partial charge in [-0.2, -0.15) is 0 Å². The van der Waals surface area contributed by atoms with Crippen molar-refractivity contribution in [1.82, 2.24) is 14.9 Å². The van der Waals surface area contributed by atoms with E-state index in [4.69, 9.17) is 9.15 Å². The van der Waals surface area contributed by atoms with Gasteiger partial charge in [0.05, 0.1) is 18.9 Å². The molecule has 7 nitrogen and oxygen atoms in total. The smallest absolute Gasteiger partial charge is 0.289 e. The Balaban J connectivity index is 1.68. The molecular formula is C17H22N4O3. The lowest BCUT2D eigenvalue weighted by Gasteiger charge is -2.24. The van der Waals surface area contributed by atoms with E-state index in [2.05, 4.69) is 21.8 Å². The monoisotopic (exact) mass is 330 g/mol. The number of hydrogen-bond acceptors (Lipinski definition) is 6. The molecule has 24 heavy (non-hydrogen) atoms. The van der Waals surface area contributed by atoms with Crippen LogP contribution in [0.3, 0.4) is 0 Å². The van der Waals surface area contributed by atoms with Gasteiger partial charge in [-0.3, -0.25) is 4.79 Å². The summed E-state index contributed by atoms with van der Waals surface area (Å²) in [6, 6.07) is 3.51. The van der Waals surface area contributed by atoms with Crippen LogP contribution in [0.2, 0.25) is 0 Å². The fourth-order valence-corrected chi connectivity index (χ4v) is 2.83. The van der Waals surface area contributed by atoms with E-state index < -0.39 is 0 Å². The third-order valence-electron chi connectivity index (χ3n) is 4.15. The summed E-state index contributed by atoms with van der Waals surface area (Å²) < 4.78 is 10.9. The molecule has 2 aromatic rings. The highest BCUT2D eigenvalue weighted by atomic mass is 16.5. The Kier molecular flexibility index (Phi) is 4.98. The van der Waals surface area contributed by atoms with Crippen molar-refractivity contribution in [3.8, 4) is 5.88 Å². The maximum atomic E-state index is 12.4. The number of likely N-dealkylation sites (N-methyl/N-ethyl adjacent to an activating group) is 1. The highest BCUT2D eigenvalue weighted by Gasteiger charge is 2.31. The maximum absolute atomic E-state index is 12.4. The third kappa shape index (κ3) is 3.34. The minimum absolute atomic E-state index is 0.101. The summed E-state index contributed by atoms with van der Waals surface area (Å²) >= 11 is 0. The fourth-order valence-electron chi connectivity index (χ4n) is 2.83. The van der Waals surface area contributed by atoms with Crippen molar-refractivity contribution in [3.05, 3.63) is 36.5 Å². The lowest BCUT2D eigenvalue weighted by Crippen LogP contribution is -2.39. The minimum Gasteiger partial charge on any atom is -0.475 e. The second-order valence-electron chi connectivity index (χ2n) is 5.82. The first-order chi connectivity index (χ1) is 11.7. The summed E-state index contributed by atoms with van der Waals surface area (Å²) in [6.45, 7) is 4.17. The van der Waals surface area contributed by atoms with Crippen molar-refractivity contribution in [2.24, 2.45) is 0 Å². The molecular weight excluding hydrogens is 308 g/mol. The Hall–Kier alpha value is -2.57. The molecule has 7 heteroatoms. The van der Waals surface area contributed by atoms with Crippen LogP contribution in [0.4, 0.5) is 5.82 Å². The van der Waals surface area contributed by atoms with E-state index in [9.17, 15) is 4.79 Å². The lowest BCUT2D eigenvalue weighted by atomic mass is 10.2. The number of nitrogens with zero attached hydrogens (tertiary/aromatic N) is 4. The highest BCUT2D eigenvalue weighted by Crippen LogP contribution is 2.28. The molecule has 1 aliphatic rings. The van der Waals surface area contributed by atoms with Crippen LogP contribution >= 0.6 is 0 Å². The predicted molar refractivity (Wildman–Crippen MR) is 89.2 cm³/mol. The average Bonchev–Trinajstić information content (AvgIpc) is 3.30. The third-order valence-corrected chi connectivity index (χ3v) is 4.15. The first-order valence-corrected chi connectivity index (χ1v) is 8.20. The zero-order valence-electron chi connectivity index (χ0n) is 14.0. The number of carbonyl (C=O) groups excluding carboxylic acids is 1. The van der Waals surface area contributed by atoms with Crippen LogP contribution in [-0.4, -0.2) is 53.6 Å². The Morgan fingerprint density at radius 3 is 3.04 bits per heavy atom. The fraction of sp³-hybridized carbons (Fsp3) is 0.471. The van der Waals surface area contributed by atoms with Gasteiger partial charge in [0, 0.05) is 32.5 Å². The highest BCUT2D eigenvalue weighted by molar-refractivity contribution is 5.91. The van der Waals surface area contributed by atoms with Crippen molar-refractivity contribution in [2.75, 3.05) is 31.6 Å². The summed E-state index contributed by atoms with van der Waals surface area (Å²) in [6.07, 6.45) is 6.60. The topological polar surface area (TPSA) is 71.7 Å². The van der Waals surface area contributed by atoms with E-state index >= 15 is 0 Å². The van der Waals surface area contributed by atoms with Crippen LogP contribution in [0, 0.1) is 0 Å². The Bertz CT molecular complexity index is 674. The van der Waals surface area contributed by atoms with Gasteiger partial charge in [0.15, 0.2) is 11.6 Å². The van der Waals surface area contributed by atoms with E-state index in [0.717, 1.165) is 25.2 Å². The molecule has 0 aliphatic carbocycles. The maximum Gasteiger partial charge on any atom is 0.289 e. The molecule has 0 radical (unpaired) electrons. The minimum atomic E-state index is -0.103. The molecule has 1 saturated heterocycles. The van der Waals surface area contributed by atoms with Crippen molar-refractivity contribution < 1.29 is 13.9 Å². The second-order valence-corrected chi connectivity index (χ2v) is 5.82. The molecule has 0 N–H and O–H groups in total. The van der Waals surface area contributed by atoms with Crippen LogP contribution in [-0.2, 0) is 0 Å². The number of ether oxygens (including phenoxy) is 1. The summed E-state index contributed by atoms with van der Waals surface area (Å²) in [5.74, 6) is 1.56. The quantitative estimate of drug-likeness (QED) is 0.809. The standard InChI is InChI=1S/C17H22N4O3/c1-3-10-24-16-15(18-7-8-19-16)21-9-6-13(12-21)20(2)17(22)14-5-4-11-23-14/h4-5,7-8,11,13H,3,6,9-10,12H2,1-2H3. The number of amides is 1. The zero-order valence-corrected chi connectivity index (χ0v) is 14.0. The SMILES string of the molecule is CCCOc1nccnc1N1CCC(N(C)C(=O)c2ccco2)C1. The Morgan fingerprint density at radius 2 is 2.29 bits per heavy atom. The summed E-state index contributed by atoms with van der Waals surface area (Å²) in [5.41, 5.74) is 0. The van der Waals surface area contributed by atoms with Gasteiger partial charge in [-0.1, -0.05) is 6.92 Å². The van der Waals surface area contributed by atoms with Gasteiger partial charge in [0.1, 0.15) is 0 Å². The second kappa shape index (κ2) is 7.33. The van der Waals surface area contributed by atoms with Gasteiger partial charge in [0.2, 0.25) is 0 Å². The summed E-state index contributed by atoms with van der Waals surface area (Å²) in [5, 5.41) is 0. The number of furan rings is 1. The molecule has 0 saturated carbocycles.